The number of nitrogens with zero attached hydrogens (tertiary/aromatic N) is 3. The Kier molecular flexibility index (Phi) is 3.61. The van der Waals surface area contributed by atoms with Gasteiger partial charge >= 0.3 is 5.69 Å². The Labute approximate surface area is 108 Å². The molecular formula is C11H14BrN3O2. The van der Waals surface area contributed by atoms with Crippen molar-refractivity contribution in [3.8, 4) is 0 Å². The largest absolute Gasteiger partial charge is 0.351 e. The predicted molar refractivity (Wildman–Crippen MR) is 69.2 cm³/mol. The van der Waals surface area contributed by atoms with Crippen LogP contribution in [0.2, 0.25) is 0 Å². The first-order chi connectivity index (χ1) is 8.08. The normalized spacial score (nSPS) is 20.4. The van der Waals surface area contributed by atoms with Crippen LogP contribution in [0.5, 0.6) is 0 Å². The summed E-state index contributed by atoms with van der Waals surface area (Å²) in [6.45, 7) is 3.85. The van der Waals surface area contributed by atoms with Gasteiger partial charge in [0.1, 0.15) is 0 Å². The van der Waals surface area contributed by atoms with Crippen molar-refractivity contribution in [1.82, 2.24) is 4.98 Å². The number of aromatic nitrogens is 1. The molecule has 1 aromatic heterocycles. The number of hydrogen-bond acceptors (Lipinski definition) is 4. The Morgan fingerprint density at radius 2 is 2.41 bits per heavy atom. The molecule has 1 unspecified atom stereocenters. The van der Waals surface area contributed by atoms with Gasteiger partial charge in [0.2, 0.25) is 5.82 Å². The Morgan fingerprint density at radius 1 is 1.65 bits per heavy atom. The SMILES string of the molecule is CC1CCCN(c2ncc(Br)cc2[N+](=O)[O-])C1. The average molecular weight is 300 g/mol. The van der Waals surface area contributed by atoms with Crippen molar-refractivity contribution in [3.63, 3.8) is 0 Å². The van der Waals surface area contributed by atoms with E-state index in [1.165, 1.54) is 12.5 Å². The molecule has 0 spiro atoms. The number of pyridine rings is 1. The molecule has 0 amide bonds. The molecule has 1 aliphatic rings. The molecule has 17 heavy (non-hydrogen) atoms. The molecule has 5 nitrogen and oxygen atoms in total. The van der Waals surface area contributed by atoms with Gasteiger partial charge in [-0.3, -0.25) is 10.1 Å². The highest BCUT2D eigenvalue weighted by Gasteiger charge is 2.25. The summed E-state index contributed by atoms with van der Waals surface area (Å²) in [4.78, 5) is 16.9. The summed E-state index contributed by atoms with van der Waals surface area (Å²) in [6.07, 6.45) is 3.86. The Morgan fingerprint density at radius 3 is 3.06 bits per heavy atom. The van der Waals surface area contributed by atoms with Gasteiger partial charge in [0.05, 0.1) is 4.92 Å². The van der Waals surface area contributed by atoms with Crippen LogP contribution in [0, 0.1) is 16.0 Å². The number of piperidine rings is 1. The van der Waals surface area contributed by atoms with E-state index in [0.29, 0.717) is 16.2 Å². The van der Waals surface area contributed by atoms with Gasteiger partial charge < -0.3 is 4.90 Å². The number of halogens is 1. The van der Waals surface area contributed by atoms with Crippen LogP contribution in [0.4, 0.5) is 11.5 Å². The molecule has 0 N–H and O–H groups in total. The smallest absolute Gasteiger partial charge is 0.312 e. The highest BCUT2D eigenvalue weighted by Crippen LogP contribution is 2.31. The fourth-order valence-corrected chi connectivity index (χ4v) is 2.50. The second kappa shape index (κ2) is 5.00. The molecule has 2 heterocycles. The van der Waals surface area contributed by atoms with Crippen molar-refractivity contribution in [2.24, 2.45) is 5.92 Å². The van der Waals surface area contributed by atoms with E-state index in [1.807, 2.05) is 4.90 Å². The zero-order chi connectivity index (χ0) is 12.4. The molecule has 0 aromatic carbocycles. The summed E-state index contributed by atoms with van der Waals surface area (Å²) in [5.74, 6) is 1.05. The summed E-state index contributed by atoms with van der Waals surface area (Å²) >= 11 is 3.22. The molecule has 1 fully saturated rings. The maximum absolute atomic E-state index is 11.0. The maximum Gasteiger partial charge on any atom is 0.312 e. The second-order valence-electron chi connectivity index (χ2n) is 4.45. The van der Waals surface area contributed by atoms with Crippen LogP contribution in [0.3, 0.4) is 0 Å². The maximum atomic E-state index is 11.0. The van der Waals surface area contributed by atoms with Gasteiger partial charge in [0, 0.05) is 29.8 Å². The molecule has 2 rings (SSSR count). The lowest BCUT2D eigenvalue weighted by Gasteiger charge is -2.31. The van der Waals surface area contributed by atoms with E-state index in [4.69, 9.17) is 0 Å². The predicted octanol–water partition coefficient (Wildman–Crippen LogP) is 2.99. The minimum absolute atomic E-state index is 0.0773. The van der Waals surface area contributed by atoms with Gasteiger partial charge in [-0.05, 0) is 34.7 Å². The van der Waals surface area contributed by atoms with Crippen LogP contribution in [0.1, 0.15) is 19.8 Å². The summed E-state index contributed by atoms with van der Waals surface area (Å²) in [5, 5.41) is 11.0. The molecule has 1 atom stereocenters. The summed E-state index contributed by atoms with van der Waals surface area (Å²) in [5.41, 5.74) is 0.0773. The molecule has 1 saturated heterocycles. The summed E-state index contributed by atoms with van der Waals surface area (Å²) in [7, 11) is 0. The zero-order valence-electron chi connectivity index (χ0n) is 9.60. The first kappa shape index (κ1) is 12.3. The third-order valence-electron chi connectivity index (χ3n) is 2.97. The van der Waals surface area contributed by atoms with Crippen LogP contribution >= 0.6 is 15.9 Å². The number of rotatable bonds is 2. The quantitative estimate of drug-likeness (QED) is 0.622. The second-order valence-corrected chi connectivity index (χ2v) is 5.36. The molecule has 0 aliphatic carbocycles. The standard InChI is InChI=1S/C11H14BrN3O2/c1-8-3-2-4-14(7-8)11-10(15(16)17)5-9(12)6-13-11/h5-6,8H,2-4,7H2,1H3. The molecule has 0 bridgehead atoms. The summed E-state index contributed by atoms with van der Waals surface area (Å²) < 4.78 is 0.637. The highest BCUT2D eigenvalue weighted by atomic mass is 79.9. The Hall–Kier alpha value is -1.17. The van der Waals surface area contributed by atoms with Gasteiger partial charge in [0.15, 0.2) is 0 Å². The van der Waals surface area contributed by atoms with Crippen LogP contribution in [-0.2, 0) is 0 Å². The van der Waals surface area contributed by atoms with E-state index in [0.717, 1.165) is 19.5 Å². The van der Waals surface area contributed by atoms with E-state index in [9.17, 15) is 10.1 Å². The molecule has 1 aliphatic heterocycles. The van der Waals surface area contributed by atoms with Crippen molar-refractivity contribution in [2.45, 2.75) is 19.8 Å². The van der Waals surface area contributed by atoms with Crippen molar-refractivity contribution in [1.29, 1.82) is 0 Å². The van der Waals surface area contributed by atoms with Crippen LogP contribution in [-0.4, -0.2) is 23.0 Å². The van der Waals surface area contributed by atoms with E-state index >= 15 is 0 Å². The van der Waals surface area contributed by atoms with E-state index in [2.05, 4.69) is 27.8 Å². The number of nitro groups is 1. The van der Waals surface area contributed by atoms with E-state index in [-0.39, 0.29) is 10.6 Å². The molecule has 0 saturated carbocycles. The minimum Gasteiger partial charge on any atom is -0.351 e. The van der Waals surface area contributed by atoms with Crippen molar-refractivity contribution >= 4 is 27.4 Å². The summed E-state index contributed by atoms with van der Waals surface area (Å²) in [6, 6.07) is 1.52. The first-order valence-electron chi connectivity index (χ1n) is 5.63. The third-order valence-corrected chi connectivity index (χ3v) is 3.40. The lowest BCUT2D eigenvalue weighted by atomic mass is 10.0. The fourth-order valence-electron chi connectivity index (χ4n) is 2.18. The van der Waals surface area contributed by atoms with E-state index in [1.54, 1.807) is 6.20 Å². The van der Waals surface area contributed by atoms with Gasteiger partial charge in [-0.25, -0.2) is 4.98 Å². The zero-order valence-corrected chi connectivity index (χ0v) is 11.2. The molecule has 92 valence electrons. The molecule has 1 aromatic rings. The minimum atomic E-state index is -0.369. The number of hydrogen-bond donors (Lipinski definition) is 0. The first-order valence-corrected chi connectivity index (χ1v) is 6.42. The van der Waals surface area contributed by atoms with Gasteiger partial charge in [-0.2, -0.15) is 0 Å². The van der Waals surface area contributed by atoms with Crippen molar-refractivity contribution in [3.05, 3.63) is 26.9 Å². The van der Waals surface area contributed by atoms with Crippen LogP contribution in [0.15, 0.2) is 16.7 Å². The van der Waals surface area contributed by atoms with Crippen LogP contribution in [0.25, 0.3) is 0 Å². The number of anilines is 1. The molecular weight excluding hydrogens is 286 g/mol. The topological polar surface area (TPSA) is 59.3 Å². The van der Waals surface area contributed by atoms with Gasteiger partial charge in [0.25, 0.3) is 0 Å². The monoisotopic (exact) mass is 299 g/mol. The van der Waals surface area contributed by atoms with Crippen molar-refractivity contribution in [2.75, 3.05) is 18.0 Å². The van der Waals surface area contributed by atoms with Crippen LogP contribution < -0.4 is 4.90 Å². The van der Waals surface area contributed by atoms with Gasteiger partial charge in [-0.1, -0.05) is 6.92 Å². The van der Waals surface area contributed by atoms with Gasteiger partial charge in [-0.15, -0.1) is 0 Å². The van der Waals surface area contributed by atoms with Crippen molar-refractivity contribution < 1.29 is 4.92 Å². The lowest BCUT2D eigenvalue weighted by molar-refractivity contribution is -0.384. The Bertz CT molecular complexity index is 439. The third kappa shape index (κ3) is 2.74. The van der Waals surface area contributed by atoms with E-state index < -0.39 is 0 Å². The lowest BCUT2D eigenvalue weighted by Crippen LogP contribution is -2.35. The Balaban J connectivity index is 2.33. The molecule has 6 heteroatoms. The fraction of sp³-hybridized carbons (Fsp3) is 0.545. The molecule has 0 radical (unpaired) electrons. The average Bonchev–Trinajstić information content (AvgIpc) is 2.28. The highest BCUT2D eigenvalue weighted by molar-refractivity contribution is 9.10.